The van der Waals surface area contributed by atoms with Crippen LogP contribution in [0.5, 0.6) is 0 Å². The van der Waals surface area contributed by atoms with Crippen LogP contribution in [0.4, 0.5) is 0 Å². The summed E-state index contributed by atoms with van der Waals surface area (Å²) in [6, 6.07) is 15.5. The zero-order chi connectivity index (χ0) is 16.2. The summed E-state index contributed by atoms with van der Waals surface area (Å²) in [6.07, 6.45) is 2.25. The lowest BCUT2D eigenvalue weighted by Gasteiger charge is -2.40. The van der Waals surface area contributed by atoms with Gasteiger partial charge in [0.25, 0.3) is 0 Å². The molecule has 2 aromatic rings. The van der Waals surface area contributed by atoms with Crippen LogP contribution in [0.15, 0.2) is 42.5 Å². The Morgan fingerprint density at radius 1 is 1.09 bits per heavy atom. The molecule has 0 radical (unpaired) electrons. The van der Waals surface area contributed by atoms with Gasteiger partial charge in [-0.25, -0.2) is 0 Å². The van der Waals surface area contributed by atoms with Gasteiger partial charge in [-0.15, -0.1) is 0 Å². The molecule has 0 aliphatic rings. The third-order valence-electron chi connectivity index (χ3n) is 5.25. The molecule has 0 spiro atoms. The minimum atomic E-state index is 0.0586. The maximum Gasteiger partial charge on any atom is 0.0113 e. The lowest BCUT2D eigenvalue weighted by molar-refractivity contribution is 0.235. The first-order chi connectivity index (χ1) is 10.5. The average Bonchev–Trinajstić information content (AvgIpc) is 2.55. The summed E-state index contributed by atoms with van der Waals surface area (Å²) in [5, 5.41) is 2.61. The molecular formula is C20H30N2. The minimum absolute atomic E-state index is 0.0586. The van der Waals surface area contributed by atoms with Gasteiger partial charge in [-0.2, -0.15) is 0 Å². The van der Waals surface area contributed by atoms with E-state index in [4.69, 9.17) is 5.73 Å². The Morgan fingerprint density at radius 2 is 1.77 bits per heavy atom. The molecule has 0 amide bonds. The highest BCUT2D eigenvalue weighted by Gasteiger charge is 2.35. The van der Waals surface area contributed by atoms with Gasteiger partial charge in [0.2, 0.25) is 0 Å². The van der Waals surface area contributed by atoms with Crippen molar-refractivity contribution < 1.29 is 0 Å². The van der Waals surface area contributed by atoms with E-state index < -0.39 is 0 Å². The Labute approximate surface area is 135 Å². The van der Waals surface area contributed by atoms with Crippen LogP contribution in [0.2, 0.25) is 0 Å². The van der Waals surface area contributed by atoms with Crippen LogP contribution in [0.3, 0.4) is 0 Å². The molecule has 0 unspecified atom stereocenters. The first-order valence-corrected chi connectivity index (χ1v) is 8.37. The Hall–Kier alpha value is -1.38. The van der Waals surface area contributed by atoms with Crippen molar-refractivity contribution in [1.82, 2.24) is 4.90 Å². The van der Waals surface area contributed by atoms with Crippen LogP contribution in [0.25, 0.3) is 10.8 Å². The standard InChI is InChI=1S/C20H30N2/c1-5-16(2)20(15-21,12-13-22(3)4)19-11-10-17-8-6-7-9-18(17)14-19/h6-11,14,16H,5,12-13,15,21H2,1-4H3/t16-,20-/m1/s1. The van der Waals surface area contributed by atoms with Gasteiger partial charge in [-0.3, -0.25) is 0 Å². The predicted molar refractivity (Wildman–Crippen MR) is 97.3 cm³/mol. The quantitative estimate of drug-likeness (QED) is 0.836. The average molecular weight is 298 g/mol. The predicted octanol–water partition coefficient (Wildman–Crippen LogP) is 4.03. The van der Waals surface area contributed by atoms with E-state index in [1.54, 1.807) is 0 Å². The molecule has 2 nitrogen and oxygen atoms in total. The Morgan fingerprint density at radius 3 is 2.36 bits per heavy atom. The summed E-state index contributed by atoms with van der Waals surface area (Å²) in [6.45, 7) is 6.38. The smallest absolute Gasteiger partial charge is 0.0113 e. The first-order valence-electron chi connectivity index (χ1n) is 8.37. The van der Waals surface area contributed by atoms with Crippen LogP contribution in [0, 0.1) is 5.92 Å². The minimum Gasteiger partial charge on any atom is -0.330 e. The molecule has 0 aromatic heterocycles. The second-order valence-corrected chi connectivity index (χ2v) is 6.78. The van der Waals surface area contributed by atoms with Crippen LogP contribution >= 0.6 is 0 Å². The van der Waals surface area contributed by atoms with Crippen molar-refractivity contribution in [3.63, 3.8) is 0 Å². The molecule has 0 aliphatic carbocycles. The Bertz CT molecular complexity index is 605. The fraction of sp³-hybridized carbons (Fsp3) is 0.500. The van der Waals surface area contributed by atoms with E-state index in [-0.39, 0.29) is 5.41 Å². The van der Waals surface area contributed by atoms with Crippen molar-refractivity contribution in [2.24, 2.45) is 11.7 Å². The first kappa shape index (κ1) is 17.0. The van der Waals surface area contributed by atoms with E-state index in [2.05, 4.69) is 75.3 Å². The number of hydrogen-bond acceptors (Lipinski definition) is 2. The highest BCUT2D eigenvalue weighted by molar-refractivity contribution is 5.83. The summed E-state index contributed by atoms with van der Waals surface area (Å²) >= 11 is 0. The molecule has 2 heteroatoms. The summed E-state index contributed by atoms with van der Waals surface area (Å²) in [7, 11) is 4.27. The number of nitrogens with two attached hydrogens (primary N) is 1. The van der Waals surface area contributed by atoms with E-state index in [0.717, 1.165) is 19.4 Å². The molecule has 2 rings (SSSR count). The summed E-state index contributed by atoms with van der Waals surface area (Å²) in [5.41, 5.74) is 7.78. The van der Waals surface area contributed by atoms with Gasteiger partial charge >= 0.3 is 0 Å². The normalized spacial score (nSPS) is 15.9. The number of nitrogens with zero attached hydrogens (tertiary/aromatic N) is 1. The van der Waals surface area contributed by atoms with Gasteiger partial charge < -0.3 is 10.6 Å². The number of hydrogen-bond donors (Lipinski definition) is 1. The molecule has 0 fully saturated rings. The second-order valence-electron chi connectivity index (χ2n) is 6.78. The maximum absolute atomic E-state index is 6.33. The molecule has 0 heterocycles. The molecular weight excluding hydrogens is 268 g/mol. The van der Waals surface area contributed by atoms with E-state index in [1.165, 1.54) is 16.3 Å². The zero-order valence-corrected chi connectivity index (χ0v) is 14.5. The highest BCUT2D eigenvalue weighted by Crippen LogP contribution is 2.38. The number of benzene rings is 2. The van der Waals surface area contributed by atoms with Crippen LogP contribution in [-0.2, 0) is 5.41 Å². The topological polar surface area (TPSA) is 29.3 Å². The Kier molecular flexibility index (Phi) is 5.60. The zero-order valence-electron chi connectivity index (χ0n) is 14.5. The van der Waals surface area contributed by atoms with Crippen molar-refractivity contribution in [1.29, 1.82) is 0 Å². The van der Waals surface area contributed by atoms with Crippen molar-refractivity contribution in [2.45, 2.75) is 32.1 Å². The summed E-state index contributed by atoms with van der Waals surface area (Å²) in [5.74, 6) is 0.568. The van der Waals surface area contributed by atoms with Crippen molar-refractivity contribution >= 4 is 10.8 Å². The molecule has 2 N–H and O–H groups in total. The molecule has 0 bridgehead atoms. The third kappa shape index (κ3) is 3.34. The lowest BCUT2D eigenvalue weighted by Crippen LogP contribution is -2.43. The van der Waals surface area contributed by atoms with Gasteiger partial charge in [-0.1, -0.05) is 62.7 Å². The maximum atomic E-state index is 6.33. The largest absolute Gasteiger partial charge is 0.330 e. The summed E-state index contributed by atoms with van der Waals surface area (Å²) in [4.78, 5) is 2.26. The second kappa shape index (κ2) is 7.26. The van der Waals surface area contributed by atoms with Gasteiger partial charge in [-0.05, 0) is 49.3 Å². The van der Waals surface area contributed by atoms with E-state index in [9.17, 15) is 0 Å². The molecule has 0 saturated heterocycles. The molecule has 0 saturated carbocycles. The van der Waals surface area contributed by atoms with E-state index in [0.29, 0.717) is 12.5 Å². The van der Waals surface area contributed by atoms with Crippen molar-refractivity contribution in [3.8, 4) is 0 Å². The van der Waals surface area contributed by atoms with Gasteiger partial charge in [0.15, 0.2) is 0 Å². The SMILES string of the molecule is CC[C@@H](C)[C@](CN)(CCN(C)C)c1ccc2ccccc2c1. The van der Waals surface area contributed by atoms with Crippen LogP contribution in [0.1, 0.15) is 32.3 Å². The number of rotatable bonds is 7. The molecule has 0 aliphatic heterocycles. The van der Waals surface area contributed by atoms with Crippen molar-refractivity contribution in [2.75, 3.05) is 27.2 Å². The molecule has 2 aromatic carbocycles. The molecule has 120 valence electrons. The van der Waals surface area contributed by atoms with Crippen LogP contribution < -0.4 is 5.73 Å². The van der Waals surface area contributed by atoms with Crippen LogP contribution in [-0.4, -0.2) is 32.1 Å². The molecule has 2 atom stereocenters. The monoisotopic (exact) mass is 298 g/mol. The Balaban J connectivity index is 2.48. The summed E-state index contributed by atoms with van der Waals surface area (Å²) < 4.78 is 0. The van der Waals surface area contributed by atoms with Gasteiger partial charge in [0.05, 0.1) is 0 Å². The van der Waals surface area contributed by atoms with Gasteiger partial charge in [0.1, 0.15) is 0 Å². The molecule has 22 heavy (non-hydrogen) atoms. The fourth-order valence-corrected chi connectivity index (χ4v) is 3.41. The van der Waals surface area contributed by atoms with Crippen molar-refractivity contribution in [3.05, 3.63) is 48.0 Å². The third-order valence-corrected chi connectivity index (χ3v) is 5.25. The van der Waals surface area contributed by atoms with Gasteiger partial charge in [0, 0.05) is 12.0 Å². The van der Waals surface area contributed by atoms with E-state index >= 15 is 0 Å². The highest BCUT2D eigenvalue weighted by atomic mass is 15.0. The number of fused-ring (bicyclic) bond motifs is 1. The van der Waals surface area contributed by atoms with E-state index in [1.807, 2.05) is 0 Å². The fourth-order valence-electron chi connectivity index (χ4n) is 3.41. The lowest BCUT2D eigenvalue weighted by atomic mass is 9.67.